The zero-order chi connectivity index (χ0) is 27.5. The van der Waals surface area contributed by atoms with E-state index in [2.05, 4.69) is 19.7 Å². The van der Waals surface area contributed by atoms with Crippen molar-refractivity contribution in [1.29, 1.82) is 0 Å². The van der Waals surface area contributed by atoms with Crippen LogP contribution in [-0.4, -0.2) is 38.5 Å². The SMILES string of the molecule is C=C(O)C1C=CC(OC)CC1.C=CC(=O)OCc1ccc(OC)cc1.C=COCc1ccc(OC)cc1. The molecular formula is C30H38O7. The second kappa shape index (κ2) is 18.3. The van der Waals surface area contributed by atoms with Crippen molar-refractivity contribution < 1.29 is 33.6 Å². The number of esters is 1. The molecule has 0 aliphatic heterocycles. The minimum atomic E-state index is -0.416. The smallest absolute Gasteiger partial charge is 0.330 e. The van der Waals surface area contributed by atoms with E-state index in [0.717, 1.165) is 41.5 Å². The number of rotatable bonds is 10. The first-order chi connectivity index (χ1) is 17.9. The van der Waals surface area contributed by atoms with E-state index in [1.54, 1.807) is 21.3 Å². The molecule has 2 aromatic rings. The molecule has 3 rings (SSSR count). The fourth-order valence-corrected chi connectivity index (χ4v) is 3.08. The summed E-state index contributed by atoms with van der Waals surface area (Å²) < 4.78 is 25.0. The molecular weight excluding hydrogens is 472 g/mol. The maximum Gasteiger partial charge on any atom is 0.330 e. The summed E-state index contributed by atoms with van der Waals surface area (Å²) in [5.41, 5.74) is 2.02. The maximum absolute atomic E-state index is 10.7. The predicted octanol–water partition coefficient (Wildman–Crippen LogP) is 6.32. The van der Waals surface area contributed by atoms with Gasteiger partial charge in [-0.1, -0.05) is 56.2 Å². The molecule has 1 aliphatic rings. The fraction of sp³-hybridized carbons (Fsp3) is 0.300. The Hall–Kier alpha value is -3.97. The molecule has 7 heteroatoms. The van der Waals surface area contributed by atoms with Crippen LogP contribution in [0.5, 0.6) is 11.5 Å². The van der Waals surface area contributed by atoms with Gasteiger partial charge in [-0.25, -0.2) is 4.79 Å². The molecule has 2 atom stereocenters. The first-order valence-electron chi connectivity index (χ1n) is 11.7. The lowest BCUT2D eigenvalue weighted by molar-refractivity contribution is -0.138. The lowest BCUT2D eigenvalue weighted by Crippen LogP contribution is -2.15. The molecule has 1 aliphatic carbocycles. The average molecular weight is 511 g/mol. The Morgan fingerprint density at radius 1 is 0.892 bits per heavy atom. The molecule has 0 spiro atoms. The van der Waals surface area contributed by atoms with Gasteiger partial charge in [0.2, 0.25) is 0 Å². The van der Waals surface area contributed by atoms with Gasteiger partial charge in [-0.15, -0.1) is 0 Å². The minimum absolute atomic E-state index is 0.140. The van der Waals surface area contributed by atoms with Gasteiger partial charge < -0.3 is 28.8 Å². The van der Waals surface area contributed by atoms with Gasteiger partial charge in [-0.2, -0.15) is 0 Å². The van der Waals surface area contributed by atoms with E-state index in [1.165, 1.54) is 6.26 Å². The first-order valence-corrected chi connectivity index (χ1v) is 11.7. The van der Waals surface area contributed by atoms with Gasteiger partial charge >= 0.3 is 5.97 Å². The van der Waals surface area contributed by atoms with Crippen LogP contribution in [0.25, 0.3) is 0 Å². The second-order valence-corrected chi connectivity index (χ2v) is 7.82. The Balaban J connectivity index is 0.000000280. The van der Waals surface area contributed by atoms with E-state index in [-0.39, 0.29) is 24.4 Å². The molecule has 0 radical (unpaired) electrons. The zero-order valence-electron chi connectivity index (χ0n) is 21.9. The van der Waals surface area contributed by atoms with Crippen molar-refractivity contribution >= 4 is 5.97 Å². The lowest BCUT2D eigenvalue weighted by Gasteiger charge is -2.20. The molecule has 2 unspecified atom stereocenters. The highest BCUT2D eigenvalue weighted by Crippen LogP contribution is 2.23. The van der Waals surface area contributed by atoms with E-state index in [4.69, 9.17) is 28.8 Å². The number of hydrogen-bond donors (Lipinski definition) is 1. The summed E-state index contributed by atoms with van der Waals surface area (Å²) in [5, 5.41) is 9.05. The summed E-state index contributed by atoms with van der Waals surface area (Å²) in [7, 11) is 4.95. The monoisotopic (exact) mass is 510 g/mol. The van der Waals surface area contributed by atoms with Crippen LogP contribution in [0.15, 0.2) is 98.5 Å². The molecule has 0 fully saturated rings. The van der Waals surface area contributed by atoms with Crippen molar-refractivity contribution in [1.82, 2.24) is 0 Å². The molecule has 0 saturated heterocycles. The number of hydrogen-bond acceptors (Lipinski definition) is 7. The summed E-state index contributed by atoms with van der Waals surface area (Å²) in [5.74, 6) is 1.62. The number of aliphatic hydroxyl groups excluding tert-OH is 1. The Morgan fingerprint density at radius 3 is 1.81 bits per heavy atom. The highest BCUT2D eigenvalue weighted by Gasteiger charge is 2.16. The largest absolute Gasteiger partial charge is 0.512 e. The Bertz CT molecular complexity index is 978. The summed E-state index contributed by atoms with van der Waals surface area (Å²) in [6, 6.07) is 15.0. The Labute approximate surface area is 220 Å². The fourth-order valence-electron chi connectivity index (χ4n) is 3.08. The lowest BCUT2D eigenvalue weighted by atomic mass is 9.93. The standard InChI is InChI=1S/C11H12O3.C10H12O2.C9H14O2/c1-3-11(12)14-8-9-4-6-10(13-2)7-5-9;1-3-12-8-9-4-6-10(11-2)7-5-9;1-7(10)8-3-5-9(11-2)6-4-8/h3-7H,1,8H2,2H3;3-7H,1,8H2,2H3;3,5,8-10H,1,4,6H2,2H3. The third-order valence-electron chi connectivity index (χ3n) is 5.28. The van der Waals surface area contributed by atoms with Crippen LogP contribution < -0.4 is 9.47 Å². The summed E-state index contributed by atoms with van der Waals surface area (Å²) in [4.78, 5) is 10.7. The van der Waals surface area contributed by atoms with Gasteiger partial charge in [-0.3, -0.25) is 0 Å². The molecule has 0 aromatic heterocycles. The van der Waals surface area contributed by atoms with Crippen LogP contribution in [0, 0.1) is 5.92 Å². The molecule has 200 valence electrons. The van der Waals surface area contributed by atoms with Crippen LogP contribution in [0.3, 0.4) is 0 Å². The molecule has 7 nitrogen and oxygen atoms in total. The minimum Gasteiger partial charge on any atom is -0.512 e. The van der Waals surface area contributed by atoms with Crippen LogP contribution in [0.4, 0.5) is 0 Å². The first kappa shape index (κ1) is 31.1. The highest BCUT2D eigenvalue weighted by molar-refractivity contribution is 5.81. The topological polar surface area (TPSA) is 83.5 Å². The molecule has 0 heterocycles. The quantitative estimate of drug-likeness (QED) is 0.173. The van der Waals surface area contributed by atoms with E-state index in [0.29, 0.717) is 6.61 Å². The molecule has 0 amide bonds. The molecule has 0 saturated carbocycles. The van der Waals surface area contributed by atoms with Crippen molar-refractivity contribution in [2.24, 2.45) is 5.92 Å². The van der Waals surface area contributed by atoms with Crippen LogP contribution >= 0.6 is 0 Å². The predicted molar refractivity (Wildman–Crippen MR) is 145 cm³/mol. The van der Waals surface area contributed by atoms with Gasteiger partial charge in [0.15, 0.2) is 0 Å². The van der Waals surface area contributed by atoms with Crippen molar-refractivity contribution in [2.45, 2.75) is 32.2 Å². The third kappa shape index (κ3) is 13.1. The zero-order valence-corrected chi connectivity index (χ0v) is 21.9. The van der Waals surface area contributed by atoms with E-state index >= 15 is 0 Å². The summed E-state index contributed by atoms with van der Waals surface area (Å²) >= 11 is 0. The van der Waals surface area contributed by atoms with Gasteiger partial charge in [-0.05, 0) is 48.2 Å². The Kier molecular flexibility index (Phi) is 15.4. The van der Waals surface area contributed by atoms with Crippen molar-refractivity contribution in [2.75, 3.05) is 21.3 Å². The number of ether oxygens (including phenoxy) is 5. The molecule has 2 aromatic carbocycles. The van der Waals surface area contributed by atoms with Crippen LogP contribution in [0.2, 0.25) is 0 Å². The van der Waals surface area contributed by atoms with Gasteiger partial charge in [0, 0.05) is 19.1 Å². The highest BCUT2D eigenvalue weighted by atomic mass is 16.5. The molecule has 1 N–H and O–H groups in total. The second-order valence-electron chi connectivity index (χ2n) is 7.82. The van der Waals surface area contributed by atoms with Gasteiger partial charge in [0.25, 0.3) is 0 Å². The van der Waals surface area contributed by atoms with Crippen LogP contribution in [-0.2, 0) is 32.2 Å². The maximum atomic E-state index is 10.7. The van der Waals surface area contributed by atoms with Gasteiger partial charge in [0.1, 0.15) is 24.7 Å². The number of benzene rings is 2. The number of aliphatic hydroxyl groups is 1. The number of allylic oxidation sites excluding steroid dienone is 1. The molecule has 0 bridgehead atoms. The van der Waals surface area contributed by atoms with Crippen molar-refractivity contribution in [3.05, 3.63) is 110 Å². The summed E-state index contributed by atoms with van der Waals surface area (Å²) in [6.45, 7) is 11.1. The average Bonchev–Trinajstić information content (AvgIpc) is 2.96. The number of methoxy groups -OCH3 is 3. The van der Waals surface area contributed by atoms with Crippen molar-refractivity contribution in [3.63, 3.8) is 0 Å². The van der Waals surface area contributed by atoms with Crippen LogP contribution in [0.1, 0.15) is 24.0 Å². The van der Waals surface area contributed by atoms with E-state index < -0.39 is 5.97 Å². The molecule has 37 heavy (non-hydrogen) atoms. The number of carbonyl (C=O) groups excluding carboxylic acids is 1. The Morgan fingerprint density at radius 2 is 1.43 bits per heavy atom. The van der Waals surface area contributed by atoms with Gasteiger partial charge in [0.05, 0.1) is 32.3 Å². The third-order valence-corrected chi connectivity index (χ3v) is 5.28. The van der Waals surface area contributed by atoms with E-state index in [1.807, 2.05) is 60.7 Å². The normalized spacial score (nSPS) is 15.4. The summed E-state index contributed by atoms with van der Waals surface area (Å²) in [6.07, 6.45) is 8.65. The van der Waals surface area contributed by atoms with Crippen molar-refractivity contribution in [3.8, 4) is 11.5 Å². The van der Waals surface area contributed by atoms with E-state index in [9.17, 15) is 4.79 Å². The number of carbonyl (C=O) groups is 1.